The van der Waals surface area contributed by atoms with E-state index in [2.05, 4.69) is 61.5 Å². The Bertz CT molecular complexity index is 716. The average molecular weight is 314 g/mol. The van der Waals surface area contributed by atoms with E-state index in [0.29, 0.717) is 0 Å². The van der Waals surface area contributed by atoms with Crippen LogP contribution in [0.25, 0.3) is 16.3 Å². The highest BCUT2D eigenvalue weighted by atomic mass is 35.5. The summed E-state index contributed by atoms with van der Waals surface area (Å²) in [6.07, 6.45) is 4.19. The van der Waals surface area contributed by atoms with Crippen LogP contribution in [0.1, 0.15) is 24.8 Å². The first kappa shape index (κ1) is 15.6. The van der Waals surface area contributed by atoms with Gasteiger partial charge in [-0.05, 0) is 78.7 Å². The van der Waals surface area contributed by atoms with Crippen LogP contribution in [0.5, 0.6) is 0 Å². The molecule has 1 saturated carbocycles. The van der Waals surface area contributed by atoms with Gasteiger partial charge in [0.25, 0.3) is 0 Å². The summed E-state index contributed by atoms with van der Waals surface area (Å²) >= 11 is 0. The molecule has 2 aliphatic carbocycles. The second-order valence-corrected chi connectivity index (χ2v) is 6.95. The highest BCUT2D eigenvalue weighted by Crippen LogP contribution is 2.52. The van der Waals surface area contributed by atoms with Gasteiger partial charge in [-0.3, -0.25) is 0 Å². The fraction of sp³-hybridized carbons (Fsp3) is 0.400. The van der Waals surface area contributed by atoms with E-state index >= 15 is 0 Å². The third-order valence-electron chi connectivity index (χ3n) is 5.23. The minimum Gasteiger partial charge on any atom is -0.305 e. The molecule has 0 spiro atoms. The fourth-order valence-corrected chi connectivity index (χ4v) is 4.38. The molecule has 2 atom stereocenters. The van der Waals surface area contributed by atoms with Gasteiger partial charge >= 0.3 is 0 Å². The van der Waals surface area contributed by atoms with Gasteiger partial charge in [-0.2, -0.15) is 0 Å². The molecule has 4 rings (SSSR count). The van der Waals surface area contributed by atoms with Crippen molar-refractivity contribution in [2.75, 3.05) is 20.6 Å². The maximum atomic E-state index is 2.40. The second kappa shape index (κ2) is 6.06. The van der Waals surface area contributed by atoms with Gasteiger partial charge in [-0.25, -0.2) is 0 Å². The summed E-state index contributed by atoms with van der Waals surface area (Å²) < 4.78 is 0. The molecule has 116 valence electrons. The van der Waals surface area contributed by atoms with Crippen LogP contribution in [0.4, 0.5) is 0 Å². The standard InChI is InChI=1S/C20H23N.ClH/c1-21(2)13-19-16-8-10-18(12-16)20(19)17-9-7-14-5-3-4-6-15(14)11-17;/h3-7,9,11,16,18H,8,10,12-13H2,1-2H3;1H. The van der Waals surface area contributed by atoms with Crippen molar-refractivity contribution in [1.82, 2.24) is 4.90 Å². The van der Waals surface area contributed by atoms with E-state index in [-0.39, 0.29) is 12.4 Å². The Labute approximate surface area is 139 Å². The van der Waals surface area contributed by atoms with E-state index < -0.39 is 0 Å². The van der Waals surface area contributed by atoms with Gasteiger partial charge in [-0.15, -0.1) is 12.4 Å². The monoisotopic (exact) mass is 313 g/mol. The minimum absolute atomic E-state index is 0. The zero-order valence-corrected chi connectivity index (χ0v) is 14.2. The number of benzene rings is 2. The van der Waals surface area contributed by atoms with Gasteiger partial charge in [0.2, 0.25) is 0 Å². The smallest absolute Gasteiger partial charge is 0.0195 e. The number of rotatable bonds is 3. The number of fused-ring (bicyclic) bond motifs is 3. The first-order chi connectivity index (χ1) is 10.2. The van der Waals surface area contributed by atoms with Crippen LogP contribution in [0.2, 0.25) is 0 Å². The Balaban J connectivity index is 0.00000144. The van der Waals surface area contributed by atoms with Crippen molar-refractivity contribution in [2.45, 2.75) is 19.3 Å². The van der Waals surface area contributed by atoms with Crippen LogP contribution >= 0.6 is 12.4 Å². The van der Waals surface area contributed by atoms with E-state index in [1.165, 1.54) is 35.6 Å². The Kier molecular flexibility index (Phi) is 4.29. The minimum atomic E-state index is 0. The molecule has 2 aromatic rings. The average Bonchev–Trinajstić information content (AvgIpc) is 3.07. The summed E-state index contributed by atoms with van der Waals surface area (Å²) in [5.41, 5.74) is 4.86. The van der Waals surface area contributed by atoms with Crippen LogP contribution in [0.3, 0.4) is 0 Å². The molecule has 0 saturated heterocycles. The van der Waals surface area contributed by atoms with Crippen molar-refractivity contribution < 1.29 is 0 Å². The highest BCUT2D eigenvalue weighted by molar-refractivity contribution is 5.87. The Morgan fingerprint density at radius 3 is 2.45 bits per heavy atom. The lowest BCUT2D eigenvalue weighted by Gasteiger charge is -2.23. The van der Waals surface area contributed by atoms with E-state index in [9.17, 15) is 0 Å². The third kappa shape index (κ3) is 2.57. The molecule has 0 heterocycles. The molecule has 1 nitrogen and oxygen atoms in total. The molecule has 0 radical (unpaired) electrons. The maximum absolute atomic E-state index is 2.40. The number of nitrogens with zero attached hydrogens (tertiary/aromatic N) is 1. The van der Waals surface area contributed by atoms with Crippen LogP contribution < -0.4 is 0 Å². The van der Waals surface area contributed by atoms with Crippen LogP contribution in [-0.2, 0) is 0 Å². The van der Waals surface area contributed by atoms with Crippen molar-refractivity contribution >= 4 is 28.8 Å². The van der Waals surface area contributed by atoms with Gasteiger partial charge in [0.15, 0.2) is 0 Å². The molecule has 22 heavy (non-hydrogen) atoms. The van der Waals surface area contributed by atoms with Gasteiger partial charge in [-0.1, -0.05) is 36.4 Å². The summed E-state index contributed by atoms with van der Waals surface area (Å²) in [4.78, 5) is 2.33. The normalized spacial score (nSPS) is 23.4. The molecular weight excluding hydrogens is 290 g/mol. The summed E-state index contributed by atoms with van der Waals surface area (Å²) in [5.74, 6) is 1.66. The molecule has 0 aromatic heterocycles. The molecule has 1 fully saturated rings. The molecule has 2 aliphatic rings. The summed E-state index contributed by atoms with van der Waals surface area (Å²) in [5, 5.41) is 2.72. The largest absolute Gasteiger partial charge is 0.305 e. The van der Waals surface area contributed by atoms with Gasteiger partial charge in [0.05, 0.1) is 0 Å². The Morgan fingerprint density at radius 2 is 1.68 bits per heavy atom. The summed E-state index contributed by atoms with van der Waals surface area (Å²) in [6.45, 7) is 1.13. The molecular formula is C20H24ClN. The molecule has 2 unspecified atom stereocenters. The molecule has 0 aliphatic heterocycles. The van der Waals surface area contributed by atoms with E-state index in [1.54, 1.807) is 11.1 Å². The lowest BCUT2D eigenvalue weighted by Crippen LogP contribution is -2.19. The fourth-order valence-electron chi connectivity index (χ4n) is 4.38. The topological polar surface area (TPSA) is 3.24 Å². The Hall–Kier alpha value is -1.31. The number of allylic oxidation sites excluding steroid dienone is 1. The van der Waals surface area contributed by atoms with Crippen LogP contribution in [-0.4, -0.2) is 25.5 Å². The lowest BCUT2D eigenvalue weighted by molar-refractivity contribution is 0.423. The van der Waals surface area contributed by atoms with Crippen LogP contribution in [0.15, 0.2) is 48.0 Å². The van der Waals surface area contributed by atoms with Crippen molar-refractivity contribution in [3.63, 3.8) is 0 Å². The van der Waals surface area contributed by atoms with Gasteiger partial charge in [0, 0.05) is 6.54 Å². The first-order valence-electron chi connectivity index (χ1n) is 8.09. The van der Waals surface area contributed by atoms with Crippen molar-refractivity contribution in [2.24, 2.45) is 11.8 Å². The summed E-state index contributed by atoms with van der Waals surface area (Å²) in [7, 11) is 4.38. The molecule has 0 N–H and O–H groups in total. The molecule has 2 aromatic carbocycles. The van der Waals surface area contributed by atoms with Crippen molar-refractivity contribution in [1.29, 1.82) is 0 Å². The van der Waals surface area contributed by atoms with Gasteiger partial charge < -0.3 is 4.90 Å². The lowest BCUT2D eigenvalue weighted by atomic mass is 9.86. The number of hydrogen-bond donors (Lipinski definition) is 0. The zero-order chi connectivity index (χ0) is 14.4. The molecule has 2 bridgehead atoms. The third-order valence-corrected chi connectivity index (χ3v) is 5.23. The van der Waals surface area contributed by atoms with Crippen LogP contribution in [0, 0.1) is 11.8 Å². The number of halogens is 1. The SMILES string of the molecule is CN(C)CC1=C(c2ccc3ccccc3c2)C2CCC1C2.Cl. The number of likely N-dealkylation sites (N-methyl/N-ethyl adjacent to an activating group) is 1. The first-order valence-corrected chi connectivity index (χ1v) is 8.09. The Morgan fingerprint density at radius 1 is 0.955 bits per heavy atom. The predicted octanol–water partition coefficient (Wildman–Crippen LogP) is 5.01. The van der Waals surface area contributed by atoms with Gasteiger partial charge in [0.1, 0.15) is 0 Å². The highest BCUT2D eigenvalue weighted by Gasteiger charge is 2.39. The maximum Gasteiger partial charge on any atom is 0.0195 e. The number of hydrogen-bond acceptors (Lipinski definition) is 1. The predicted molar refractivity (Wildman–Crippen MR) is 97.5 cm³/mol. The summed E-state index contributed by atoms with van der Waals surface area (Å²) in [6, 6.07) is 15.7. The quantitative estimate of drug-likeness (QED) is 0.770. The zero-order valence-electron chi connectivity index (χ0n) is 13.4. The van der Waals surface area contributed by atoms with Crippen molar-refractivity contribution in [3.8, 4) is 0 Å². The van der Waals surface area contributed by atoms with E-state index in [1.807, 2.05) is 0 Å². The van der Waals surface area contributed by atoms with E-state index in [4.69, 9.17) is 0 Å². The second-order valence-electron chi connectivity index (χ2n) is 6.95. The molecule has 2 heteroatoms. The van der Waals surface area contributed by atoms with Crippen molar-refractivity contribution in [3.05, 3.63) is 53.6 Å². The molecule has 0 amide bonds. The van der Waals surface area contributed by atoms with E-state index in [0.717, 1.165) is 18.4 Å².